The van der Waals surface area contributed by atoms with Crippen molar-refractivity contribution in [3.8, 4) is 0 Å². The normalized spacial score (nSPS) is 40.0. The van der Waals surface area contributed by atoms with Crippen LogP contribution < -0.4 is 11.1 Å². The molecule has 0 aromatic carbocycles. The van der Waals surface area contributed by atoms with Crippen molar-refractivity contribution in [3.05, 3.63) is 0 Å². The van der Waals surface area contributed by atoms with Crippen molar-refractivity contribution in [2.24, 2.45) is 5.73 Å². The maximum absolute atomic E-state index is 12.5. The van der Waals surface area contributed by atoms with Crippen molar-refractivity contribution in [3.63, 3.8) is 0 Å². The van der Waals surface area contributed by atoms with Crippen LogP contribution in [-0.4, -0.2) is 24.2 Å². The number of carbonyl (C=O) groups is 1. The summed E-state index contributed by atoms with van der Waals surface area (Å²) in [6.07, 6.45) is -0.736. The van der Waals surface area contributed by atoms with E-state index < -0.39 is 17.6 Å². The summed E-state index contributed by atoms with van der Waals surface area (Å²) in [6.45, 7) is 1.86. The summed E-state index contributed by atoms with van der Waals surface area (Å²) in [7, 11) is 0. The van der Waals surface area contributed by atoms with Gasteiger partial charge in [-0.2, -0.15) is 0 Å². The van der Waals surface area contributed by atoms with Gasteiger partial charge in [0.15, 0.2) is 0 Å². The topological polar surface area (TPSA) is 55.1 Å². The number of hydrogen-bond donors (Lipinski definition) is 2. The lowest BCUT2D eigenvalue weighted by molar-refractivity contribution is -0.123. The molecule has 3 N–H and O–H groups in total. The fourth-order valence-electron chi connectivity index (χ4n) is 1.11. The molecule has 1 fully saturated rings. The first-order valence-electron chi connectivity index (χ1n) is 3.23. The molecule has 1 saturated heterocycles. The molecule has 4 heteroatoms. The van der Waals surface area contributed by atoms with E-state index in [9.17, 15) is 9.18 Å². The molecule has 3 nitrogen and oxygen atoms in total. The summed E-state index contributed by atoms with van der Waals surface area (Å²) < 4.78 is 12.5. The summed E-state index contributed by atoms with van der Waals surface area (Å²) in [5, 5.41) is 2.73. The minimum Gasteiger partial charge on any atom is -0.368 e. The standard InChI is InChI=1S/C6H11FN2O/c1-6(5(8)10)2-4(7)3-9-6/h4,9H,2-3H2,1H3,(H2,8,10)/t4-,6-/m0/s1. The fourth-order valence-corrected chi connectivity index (χ4v) is 1.11. The maximum atomic E-state index is 12.5. The van der Waals surface area contributed by atoms with Gasteiger partial charge in [0.1, 0.15) is 6.17 Å². The summed E-state index contributed by atoms with van der Waals surface area (Å²) in [6, 6.07) is 0. The lowest BCUT2D eigenvalue weighted by Crippen LogP contribution is -2.48. The molecule has 0 bridgehead atoms. The number of nitrogens with two attached hydrogens (primary N) is 1. The molecule has 1 aliphatic heterocycles. The van der Waals surface area contributed by atoms with E-state index in [-0.39, 0.29) is 13.0 Å². The van der Waals surface area contributed by atoms with Crippen molar-refractivity contribution in [2.75, 3.05) is 6.54 Å². The first-order valence-corrected chi connectivity index (χ1v) is 3.23. The zero-order chi connectivity index (χ0) is 7.78. The van der Waals surface area contributed by atoms with Gasteiger partial charge in [0.2, 0.25) is 5.91 Å². The highest BCUT2D eigenvalue weighted by Crippen LogP contribution is 2.20. The third kappa shape index (κ3) is 1.11. The molecule has 1 heterocycles. The predicted molar refractivity (Wildman–Crippen MR) is 35.1 cm³/mol. The smallest absolute Gasteiger partial charge is 0.237 e. The van der Waals surface area contributed by atoms with E-state index in [1.807, 2.05) is 0 Å². The molecular weight excluding hydrogens is 135 g/mol. The number of hydrogen-bond acceptors (Lipinski definition) is 2. The molecule has 58 valence electrons. The van der Waals surface area contributed by atoms with Crippen LogP contribution in [0, 0.1) is 0 Å². The van der Waals surface area contributed by atoms with Crippen molar-refractivity contribution >= 4 is 5.91 Å². The van der Waals surface area contributed by atoms with Gasteiger partial charge < -0.3 is 11.1 Å². The van der Waals surface area contributed by atoms with Crippen molar-refractivity contribution in [1.82, 2.24) is 5.32 Å². The first kappa shape index (κ1) is 7.47. The Morgan fingerprint density at radius 2 is 2.50 bits per heavy atom. The summed E-state index contributed by atoms with van der Waals surface area (Å²) in [4.78, 5) is 10.7. The number of alkyl halides is 1. The minimum atomic E-state index is -0.933. The molecule has 10 heavy (non-hydrogen) atoms. The minimum absolute atomic E-state index is 0.197. The third-order valence-electron chi connectivity index (χ3n) is 1.89. The van der Waals surface area contributed by atoms with E-state index in [4.69, 9.17) is 5.73 Å². The van der Waals surface area contributed by atoms with Crippen molar-refractivity contribution < 1.29 is 9.18 Å². The van der Waals surface area contributed by atoms with Gasteiger partial charge in [-0.15, -0.1) is 0 Å². The van der Waals surface area contributed by atoms with Gasteiger partial charge in [-0.25, -0.2) is 4.39 Å². The fraction of sp³-hybridized carbons (Fsp3) is 0.833. The quantitative estimate of drug-likeness (QED) is 0.527. The number of carbonyl (C=O) groups excluding carboxylic acids is 1. The second-order valence-corrected chi connectivity index (χ2v) is 2.88. The zero-order valence-corrected chi connectivity index (χ0v) is 5.86. The molecule has 1 rings (SSSR count). The van der Waals surface area contributed by atoms with E-state index in [1.54, 1.807) is 6.92 Å². The highest BCUT2D eigenvalue weighted by atomic mass is 19.1. The van der Waals surface area contributed by atoms with Crippen LogP contribution in [0.25, 0.3) is 0 Å². The number of amides is 1. The molecule has 0 radical (unpaired) electrons. The zero-order valence-electron chi connectivity index (χ0n) is 5.86. The predicted octanol–water partition coefficient (Wildman–Crippen LogP) is -0.438. The summed E-state index contributed by atoms with van der Waals surface area (Å²) >= 11 is 0. The Bertz CT molecular complexity index is 162. The van der Waals surface area contributed by atoms with E-state index in [1.165, 1.54) is 0 Å². The first-order chi connectivity index (χ1) is 4.54. The van der Waals surface area contributed by atoms with Crippen LogP contribution in [-0.2, 0) is 4.79 Å². The van der Waals surface area contributed by atoms with Gasteiger partial charge in [-0.05, 0) is 6.92 Å². The van der Waals surface area contributed by atoms with Crippen molar-refractivity contribution in [1.29, 1.82) is 0 Å². The van der Waals surface area contributed by atoms with Gasteiger partial charge >= 0.3 is 0 Å². The molecular formula is C6H11FN2O. The lowest BCUT2D eigenvalue weighted by atomic mass is 9.99. The maximum Gasteiger partial charge on any atom is 0.237 e. The van der Waals surface area contributed by atoms with Crippen LogP contribution in [0.5, 0.6) is 0 Å². The van der Waals surface area contributed by atoms with E-state index >= 15 is 0 Å². The molecule has 0 aliphatic carbocycles. The molecule has 2 atom stereocenters. The Labute approximate surface area is 58.8 Å². The highest BCUT2D eigenvalue weighted by Gasteiger charge is 2.39. The average Bonchev–Trinajstić information content (AvgIpc) is 2.13. The molecule has 0 aromatic rings. The van der Waals surface area contributed by atoms with E-state index in [0.29, 0.717) is 0 Å². The number of nitrogens with one attached hydrogen (secondary N) is 1. The van der Waals surface area contributed by atoms with Crippen molar-refractivity contribution in [2.45, 2.75) is 25.1 Å². The largest absolute Gasteiger partial charge is 0.368 e. The second-order valence-electron chi connectivity index (χ2n) is 2.88. The lowest BCUT2D eigenvalue weighted by Gasteiger charge is -2.18. The summed E-state index contributed by atoms with van der Waals surface area (Å²) in [5.41, 5.74) is 4.21. The van der Waals surface area contributed by atoms with Gasteiger partial charge in [0.25, 0.3) is 0 Å². The molecule has 0 unspecified atom stereocenters. The average molecular weight is 146 g/mol. The van der Waals surface area contributed by atoms with Gasteiger partial charge in [-0.1, -0.05) is 0 Å². The van der Waals surface area contributed by atoms with Crippen LogP contribution in [0.3, 0.4) is 0 Å². The van der Waals surface area contributed by atoms with E-state index in [0.717, 1.165) is 0 Å². The molecule has 0 aromatic heterocycles. The Kier molecular flexibility index (Phi) is 1.64. The third-order valence-corrected chi connectivity index (χ3v) is 1.89. The molecule has 0 saturated carbocycles. The van der Waals surface area contributed by atoms with Crippen LogP contribution >= 0.6 is 0 Å². The van der Waals surface area contributed by atoms with Gasteiger partial charge in [0.05, 0.1) is 5.54 Å². The molecule has 0 spiro atoms. The number of rotatable bonds is 1. The number of primary amides is 1. The highest BCUT2D eigenvalue weighted by molar-refractivity contribution is 5.84. The van der Waals surface area contributed by atoms with Crippen LogP contribution in [0.4, 0.5) is 4.39 Å². The Balaban J connectivity index is 2.63. The van der Waals surface area contributed by atoms with Gasteiger partial charge in [-0.3, -0.25) is 4.79 Å². The summed E-state index contributed by atoms with van der Waals surface area (Å²) in [5.74, 6) is -0.479. The van der Waals surface area contributed by atoms with Gasteiger partial charge in [0, 0.05) is 13.0 Å². The second kappa shape index (κ2) is 2.20. The number of halogens is 1. The monoisotopic (exact) mass is 146 g/mol. The Morgan fingerprint density at radius 1 is 1.90 bits per heavy atom. The van der Waals surface area contributed by atoms with E-state index in [2.05, 4.69) is 5.32 Å². The Hall–Kier alpha value is -0.640. The SMILES string of the molecule is C[C@@]1(C(N)=O)C[C@H](F)CN1. The Morgan fingerprint density at radius 3 is 2.70 bits per heavy atom. The van der Waals surface area contributed by atoms with Crippen LogP contribution in [0.1, 0.15) is 13.3 Å². The molecule has 1 amide bonds. The van der Waals surface area contributed by atoms with Crippen LogP contribution in [0.15, 0.2) is 0 Å². The van der Waals surface area contributed by atoms with Crippen LogP contribution in [0.2, 0.25) is 0 Å². The molecule has 1 aliphatic rings.